The van der Waals surface area contributed by atoms with Crippen molar-refractivity contribution in [3.8, 4) is 11.5 Å². The molecule has 0 atom stereocenters. The van der Waals surface area contributed by atoms with E-state index in [-0.39, 0.29) is 10.6 Å². The minimum atomic E-state index is -3.83. The lowest BCUT2D eigenvalue weighted by Crippen LogP contribution is -2.19. The van der Waals surface area contributed by atoms with Gasteiger partial charge >= 0.3 is 0 Å². The van der Waals surface area contributed by atoms with Crippen molar-refractivity contribution >= 4 is 16.2 Å². The zero-order valence-corrected chi connectivity index (χ0v) is 16.2. The van der Waals surface area contributed by atoms with Crippen LogP contribution in [0.1, 0.15) is 25.0 Å². The highest BCUT2D eigenvalue weighted by atomic mass is 32.2. The first kappa shape index (κ1) is 19.8. The predicted octanol–water partition coefficient (Wildman–Crippen LogP) is 3.35. The second-order valence-electron chi connectivity index (χ2n) is 6.28. The molecule has 0 unspecified atom stereocenters. The van der Waals surface area contributed by atoms with Gasteiger partial charge in [0.1, 0.15) is 16.4 Å². The van der Waals surface area contributed by atoms with Gasteiger partial charge in [0.15, 0.2) is 0 Å². The molecular weight excluding hydrogens is 352 g/mol. The van der Waals surface area contributed by atoms with Gasteiger partial charge in [-0.15, -0.1) is 0 Å². The highest BCUT2D eigenvalue weighted by Crippen LogP contribution is 2.24. The average molecular weight is 376 g/mol. The van der Waals surface area contributed by atoms with Gasteiger partial charge in [0.05, 0.1) is 19.9 Å². The summed E-state index contributed by atoms with van der Waals surface area (Å²) in [5.74, 6) is 1.40. The van der Waals surface area contributed by atoms with Crippen LogP contribution >= 0.6 is 0 Å². The van der Waals surface area contributed by atoms with Gasteiger partial charge < -0.3 is 9.47 Å². The van der Waals surface area contributed by atoms with Crippen molar-refractivity contribution in [2.45, 2.75) is 25.7 Å². The average Bonchev–Trinajstić information content (AvgIpc) is 2.60. The van der Waals surface area contributed by atoms with E-state index in [2.05, 4.69) is 23.8 Å². The molecule has 0 saturated carbocycles. The molecule has 2 aromatic carbocycles. The first-order valence-electron chi connectivity index (χ1n) is 8.24. The summed E-state index contributed by atoms with van der Waals surface area (Å²) in [6, 6.07) is 12.2. The van der Waals surface area contributed by atoms with Crippen molar-refractivity contribution in [1.29, 1.82) is 0 Å². The summed E-state index contributed by atoms with van der Waals surface area (Å²) in [6.07, 6.45) is 1.43. The van der Waals surface area contributed by atoms with E-state index in [0.717, 1.165) is 11.1 Å². The number of aryl methyl sites for hydroxylation is 1. The summed E-state index contributed by atoms with van der Waals surface area (Å²) in [4.78, 5) is 2.26. The molecule has 2 rings (SSSR count). The molecule has 0 radical (unpaired) electrons. The summed E-state index contributed by atoms with van der Waals surface area (Å²) in [5.41, 5.74) is 1.54. The minimum Gasteiger partial charge on any atom is -0.495 e. The number of hydrogen-bond acceptors (Lipinski definition) is 5. The topological polar surface area (TPSA) is 77.0 Å². The number of rotatable bonds is 8. The van der Waals surface area contributed by atoms with E-state index < -0.39 is 10.0 Å². The van der Waals surface area contributed by atoms with Crippen molar-refractivity contribution in [2.24, 2.45) is 11.0 Å². The first-order chi connectivity index (χ1) is 12.3. The Morgan fingerprint density at radius 3 is 2.65 bits per heavy atom. The number of benzene rings is 2. The van der Waals surface area contributed by atoms with E-state index >= 15 is 0 Å². The molecule has 0 amide bonds. The van der Waals surface area contributed by atoms with Crippen LogP contribution in [0.4, 0.5) is 0 Å². The number of hydrogen-bond donors (Lipinski definition) is 1. The third-order valence-electron chi connectivity index (χ3n) is 3.44. The molecule has 0 aliphatic heterocycles. The van der Waals surface area contributed by atoms with Crippen LogP contribution in [0, 0.1) is 12.8 Å². The fourth-order valence-corrected chi connectivity index (χ4v) is 3.21. The molecule has 2 aromatic rings. The Balaban J connectivity index is 2.12. The molecule has 0 bridgehead atoms. The molecule has 6 nitrogen and oxygen atoms in total. The fraction of sp³-hybridized carbons (Fsp3) is 0.316. The van der Waals surface area contributed by atoms with E-state index in [4.69, 9.17) is 9.47 Å². The van der Waals surface area contributed by atoms with Crippen molar-refractivity contribution in [1.82, 2.24) is 4.83 Å². The maximum Gasteiger partial charge on any atom is 0.280 e. The van der Waals surface area contributed by atoms with Crippen LogP contribution in [0.5, 0.6) is 11.5 Å². The molecule has 1 N–H and O–H groups in total. The summed E-state index contributed by atoms with van der Waals surface area (Å²) in [6.45, 7) is 6.56. The molecule has 0 spiro atoms. The summed E-state index contributed by atoms with van der Waals surface area (Å²) in [7, 11) is -2.41. The standard InChI is InChI=1S/C19H24N2O4S/c1-14(2)13-25-17-7-5-6-16(11-17)12-20-21-26(22,23)19-10-15(3)8-9-18(19)24-4/h5-12,14,21H,13H2,1-4H3/b20-12+. The third kappa shape index (κ3) is 5.49. The lowest BCUT2D eigenvalue weighted by molar-refractivity contribution is 0.271. The Kier molecular flexibility index (Phi) is 6.63. The second kappa shape index (κ2) is 8.71. The van der Waals surface area contributed by atoms with Crippen LogP contribution < -0.4 is 14.3 Å². The van der Waals surface area contributed by atoms with E-state index in [1.54, 1.807) is 18.2 Å². The number of hydrazone groups is 1. The van der Waals surface area contributed by atoms with Gasteiger partial charge in [-0.05, 0) is 48.2 Å². The third-order valence-corrected chi connectivity index (χ3v) is 4.68. The largest absolute Gasteiger partial charge is 0.495 e. The minimum absolute atomic E-state index is 0.0474. The van der Waals surface area contributed by atoms with Crippen molar-refractivity contribution < 1.29 is 17.9 Å². The molecule has 0 heterocycles. The summed E-state index contributed by atoms with van der Waals surface area (Å²) < 4.78 is 35.7. The second-order valence-corrected chi connectivity index (χ2v) is 7.91. The number of nitrogens with zero attached hydrogens (tertiary/aromatic N) is 1. The molecule has 140 valence electrons. The molecule has 0 aliphatic carbocycles. The van der Waals surface area contributed by atoms with Crippen molar-refractivity contribution in [2.75, 3.05) is 13.7 Å². The van der Waals surface area contributed by atoms with Gasteiger partial charge in [-0.1, -0.05) is 32.0 Å². The molecule has 0 aliphatic rings. The van der Waals surface area contributed by atoms with Crippen molar-refractivity contribution in [3.05, 3.63) is 53.6 Å². The molecular formula is C19H24N2O4S. The molecule has 26 heavy (non-hydrogen) atoms. The smallest absolute Gasteiger partial charge is 0.280 e. The maximum absolute atomic E-state index is 12.5. The Hall–Kier alpha value is -2.54. The van der Waals surface area contributed by atoms with E-state index in [9.17, 15) is 8.42 Å². The number of ether oxygens (including phenoxy) is 2. The van der Waals surface area contributed by atoms with Crippen LogP contribution in [0.25, 0.3) is 0 Å². The van der Waals surface area contributed by atoms with Crippen LogP contribution in [0.3, 0.4) is 0 Å². The number of methoxy groups -OCH3 is 1. The van der Waals surface area contributed by atoms with Gasteiger partial charge in [0.2, 0.25) is 0 Å². The van der Waals surface area contributed by atoms with Gasteiger partial charge in [0, 0.05) is 0 Å². The first-order valence-corrected chi connectivity index (χ1v) is 9.72. The number of nitrogens with one attached hydrogen (secondary N) is 1. The molecule has 0 aromatic heterocycles. The van der Waals surface area contributed by atoms with Crippen LogP contribution in [-0.4, -0.2) is 28.3 Å². The van der Waals surface area contributed by atoms with Crippen LogP contribution in [0.2, 0.25) is 0 Å². The fourth-order valence-electron chi connectivity index (χ4n) is 2.16. The lowest BCUT2D eigenvalue weighted by atomic mass is 10.2. The molecule has 0 saturated heterocycles. The van der Waals surface area contributed by atoms with E-state index in [1.807, 2.05) is 25.1 Å². The van der Waals surface area contributed by atoms with Gasteiger partial charge in [-0.25, -0.2) is 0 Å². The quantitative estimate of drug-likeness (QED) is 0.566. The van der Waals surface area contributed by atoms with E-state index in [0.29, 0.717) is 18.3 Å². The summed E-state index contributed by atoms with van der Waals surface area (Å²) in [5, 5.41) is 3.86. The highest BCUT2D eigenvalue weighted by Gasteiger charge is 2.18. The maximum atomic E-state index is 12.5. The number of sulfonamides is 1. The molecule has 7 heteroatoms. The SMILES string of the molecule is COc1ccc(C)cc1S(=O)(=O)N/N=C/c1cccc(OCC(C)C)c1. The Labute approximate surface area is 154 Å². The molecule has 0 fully saturated rings. The van der Waals surface area contributed by atoms with Crippen LogP contribution in [-0.2, 0) is 10.0 Å². The lowest BCUT2D eigenvalue weighted by Gasteiger charge is -2.10. The van der Waals surface area contributed by atoms with Gasteiger partial charge in [0.25, 0.3) is 10.0 Å². The Morgan fingerprint density at radius 2 is 1.96 bits per heavy atom. The van der Waals surface area contributed by atoms with Gasteiger partial charge in [-0.2, -0.15) is 18.4 Å². The van der Waals surface area contributed by atoms with E-state index in [1.165, 1.54) is 19.4 Å². The van der Waals surface area contributed by atoms with Gasteiger partial charge in [-0.3, -0.25) is 0 Å². The predicted molar refractivity (Wildman–Crippen MR) is 102 cm³/mol. The zero-order chi connectivity index (χ0) is 19.2. The Bertz CT molecular complexity index is 877. The monoisotopic (exact) mass is 376 g/mol. The normalized spacial score (nSPS) is 11.7. The summed E-state index contributed by atoms with van der Waals surface area (Å²) >= 11 is 0. The highest BCUT2D eigenvalue weighted by molar-refractivity contribution is 7.89. The Morgan fingerprint density at radius 1 is 1.19 bits per heavy atom. The zero-order valence-electron chi connectivity index (χ0n) is 15.4. The van der Waals surface area contributed by atoms with Crippen molar-refractivity contribution in [3.63, 3.8) is 0 Å². The van der Waals surface area contributed by atoms with Crippen LogP contribution in [0.15, 0.2) is 52.5 Å².